The van der Waals surface area contributed by atoms with Gasteiger partial charge in [-0.25, -0.2) is 4.57 Å². The molecule has 0 spiro atoms. The van der Waals surface area contributed by atoms with Crippen molar-refractivity contribution in [3.05, 3.63) is 60.8 Å². The highest BCUT2D eigenvalue weighted by Gasteiger charge is 2.27. The number of quaternary nitrogens is 1. The number of carbonyl (C=O) groups is 1. The monoisotopic (exact) mass is 696 g/mol. The number of hydrogen-bond acceptors (Lipinski definition) is 5. The van der Waals surface area contributed by atoms with Crippen molar-refractivity contribution in [2.45, 2.75) is 142 Å². The van der Waals surface area contributed by atoms with E-state index in [1.54, 1.807) is 6.08 Å². The maximum Gasteiger partial charge on any atom is 0.472 e. The van der Waals surface area contributed by atoms with Crippen LogP contribution in [0.5, 0.6) is 0 Å². The summed E-state index contributed by atoms with van der Waals surface area (Å²) in [6, 6.07) is -0.875. The Morgan fingerprint density at radius 2 is 1.27 bits per heavy atom. The van der Waals surface area contributed by atoms with Gasteiger partial charge in [-0.1, -0.05) is 113 Å². The molecule has 0 heterocycles. The second-order valence-corrected chi connectivity index (χ2v) is 15.0. The zero-order chi connectivity index (χ0) is 35.8. The molecule has 3 unspecified atom stereocenters. The van der Waals surface area contributed by atoms with Gasteiger partial charge in [-0.15, -0.1) is 0 Å². The number of aliphatic hydroxyl groups is 1. The van der Waals surface area contributed by atoms with E-state index in [1.165, 1.54) is 32.1 Å². The molecule has 0 fully saturated rings. The van der Waals surface area contributed by atoms with Crippen molar-refractivity contribution in [3.63, 3.8) is 0 Å². The van der Waals surface area contributed by atoms with Crippen LogP contribution in [0.2, 0.25) is 0 Å². The van der Waals surface area contributed by atoms with Crippen LogP contribution in [0.4, 0.5) is 0 Å². The van der Waals surface area contributed by atoms with Crippen molar-refractivity contribution < 1.29 is 32.9 Å². The summed E-state index contributed by atoms with van der Waals surface area (Å²) in [6.45, 7) is 4.59. The first-order chi connectivity index (χ1) is 23.0. The number of amides is 1. The summed E-state index contributed by atoms with van der Waals surface area (Å²) in [5.41, 5.74) is 0. The fourth-order valence-corrected chi connectivity index (χ4v) is 5.43. The average molecular weight is 696 g/mol. The van der Waals surface area contributed by atoms with E-state index in [-0.39, 0.29) is 19.1 Å². The van der Waals surface area contributed by atoms with Gasteiger partial charge in [0.15, 0.2) is 0 Å². The smallest absolute Gasteiger partial charge is 0.387 e. The van der Waals surface area contributed by atoms with Gasteiger partial charge in [0.05, 0.1) is 39.9 Å². The van der Waals surface area contributed by atoms with E-state index in [0.29, 0.717) is 17.4 Å². The lowest BCUT2D eigenvalue weighted by Crippen LogP contribution is -2.45. The van der Waals surface area contributed by atoms with Crippen LogP contribution in [0.15, 0.2) is 60.8 Å². The Morgan fingerprint density at radius 3 is 1.88 bits per heavy atom. The van der Waals surface area contributed by atoms with Crippen LogP contribution in [0.25, 0.3) is 0 Å². The van der Waals surface area contributed by atoms with Crippen molar-refractivity contribution in [1.82, 2.24) is 5.32 Å². The highest BCUT2D eigenvalue weighted by atomic mass is 31.2. The molecule has 278 valence electrons. The fourth-order valence-electron chi connectivity index (χ4n) is 4.70. The topological polar surface area (TPSA) is 105 Å². The molecule has 9 heteroatoms. The van der Waals surface area contributed by atoms with Crippen LogP contribution < -0.4 is 5.32 Å². The van der Waals surface area contributed by atoms with E-state index in [2.05, 4.69) is 67.8 Å². The number of unbranched alkanes of at least 4 members (excludes halogenated alkanes) is 11. The number of phosphoric acid groups is 1. The zero-order valence-corrected chi connectivity index (χ0v) is 32.1. The Labute approximate surface area is 294 Å². The lowest BCUT2D eigenvalue weighted by Gasteiger charge is -2.25. The molecule has 0 aliphatic rings. The van der Waals surface area contributed by atoms with Crippen molar-refractivity contribution in [2.75, 3.05) is 40.9 Å². The Hall–Kier alpha value is -1.80. The lowest BCUT2D eigenvalue weighted by atomic mass is 10.1. The molecule has 0 radical (unpaired) electrons. The van der Waals surface area contributed by atoms with Crippen LogP contribution in [-0.4, -0.2) is 73.4 Å². The summed E-state index contributed by atoms with van der Waals surface area (Å²) in [7, 11) is 1.52. The molecule has 8 nitrogen and oxygen atoms in total. The van der Waals surface area contributed by atoms with Crippen molar-refractivity contribution in [3.8, 4) is 0 Å². The Bertz CT molecular complexity index is 970. The number of aliphatic hydroxyl groups excluding tert-OH is 1. The maximum absolute atomic E-state index is 12.8. The molecule has 48 heavy (non-hydrogen) atoms. The first kappa shape index (κ1) is 46.2. The molecule has 0 saturated carbocycles. The molecule has 0 aliphatic heterocycles. The van der Waals surface area contributed by atoms with Gasteiger partial charge >= 0.3 is 7.82 Å². The molecule has 0 rings (SSSR count). The second kappa shape index (κ2) is 31.2. The Kier molecular flexibility index (Phi) is 30.0. The van der Waals surface area contributed by atoms with Crippen LogP contribution in [0.1, 0.15) is 129 Å². The van der Waals surface area contributed by atoms with Gasteiger partial charge in [0.25, 0.3) is 0 Å². The van der Waals surface area contributed by atoms with E-state index >= 15 is 0 Å². The van der Waals surface area contributed by atoms with Gasteiger partial charge in [-0.3, -0.25) is 13.8 Å². The minimum atomic E-state index is -4.34. The molecule has 0 bridgehead atoms. The van der Waals surface area contributed by atoms with Gasteiger partial charge in [-0.2, -0.15) is 0 Å². The zero-order valence-electron chi connectivity index (χ0n) is 31.2. The fraction of sp³-hybridized carbons (Fsp3) is 0.718. The van der Waals surface area contributed by atoms with Gasteiger partial charge in [0.2, 0.25) is 5.91 Å². The molecule has 1 amide bonds. The molecule has 0 aromatic heterocycles. The Balaban J connectivity index is 4.59. The highest BCUT2D eigenvalue weighted by molar-refractivity contribution is 7.47. The molecule has 0 aliphatic carbocycles. The molecular formula is C39H72N2O6P+. The van der Waals surface area contributed by atoms with Crippen molar-refractivity contribution in [1.29, 1.82) is 0 Å². The van der Waals surface area contributed by atoms with E-state index in [1.807, 2.05) is 27.2 Å². The largest absolute Gasteiger partial charge is 0.472 e. The predicted molar refractivity (Wildman–Crippen MR) is 203 cm³/mol. The van der Waals surface area contributed by atoms with Crippen LogP contribution in [-0.2, 0) is 18.4 Å². The van der Waals surface area contributed by atoms with Crippen LogP contribution >= 0.6 is 7.82 Å². The van der Waals surface area contributed by atoms with Crippen LogP contribution in [0.3, 0.4) is 0 Å². The maximum atomic E-state index is 12.8. The van der Waals surface area contributed by atoms with Gasteiger partial charge in [0, 0.05) is 6.42 Å². The third kappa shape index (κ3) is 32.7. The quantitative estimate of drug-likeness (QED) is 0.0280. The van der Waals surface area contributed by atoms with Crippen LogP contribution in [0, 0.1) is 0 Å². The van der Waals surface area contributed by atoms with Crippen molar-refractivity contribution >= 4 is 13.7 Å². The number of rotatable bonds is 32. The summed E-state index contributed by atoms with van der Waals surface area (Å²) < 4.78 is 23.4. The number of hydrogen-bond donors (Lipinski definition) is 3. The molecule has 0 aromatic carbocycles. The van der Waals surface area contributed by atoms with E-state index < -0.39 is 20.0 Å². The van der Waals surface area contributed by atoms with E-state index in [0.717, 1.165) is 77.0 Å². The number of phosphoric ester groups is 1. The third-order valence-corrected chi connectivity index (χ3v) is 8.68. The highest BCUT2D eigenvalue weighted by Crippen LogP contribution is 2.43. The number of nitrogens with one attached hydrogen (secondary N) is 1. The molecule has 3 atom stereocenters. The summed E-state index contributed by atoms with van der Waals surface area (Å²) >= 11 is 0. The Morgan fingerprint density at radius 1 is 0.729 bits per heavy atom. The van der Waals surface area contributed by atoms with Gasteiger partial charge < -0.3 is 19.8 Å². The molecular weight excluding hydrogens is 623 g/mol. The second-order valence-electron chi connectivity index (χ2n) is 13.5. The standard InChI is InChI=1S/C39H71N2O6P/c1-6-8-10-12-14-16-18-19-20-21-22-23-25-27-29-31-33-39(43)40-37(36-47-48(44,45)46-35-34-41(3,4)5)38(42)32-30-28-26-24-17-15-13-11-9-7-2/h9,11,16-18,20-21,24,30,32,37-38,42H,6-8,10,12-15,19,22-23,25-29,31,33-36H2,1-5H3,(H-,40,43,44,45)/p+1/b11-9+,18-16-,21-20-,24-17+,32-30+. The van der Waals surface area contributed by atoms with Gasteiger partial charge in [-0.05, 0) is 70.6 Å². The summed E-state index contributed by atoms with van der Waals surface area (Å²) in [6.07, 6.45) is 38.7. The lowest BCUT2D eigenvalue weighted by molar-refractivity contribution is -0.870. The third-order valence-electron chi connectivity index (χ3n) is 7.70. The summed E-state index contributed by atoms with van der Waals surface area (Å²) in [5.74, 6) is -0.212. The first-order valence-corrected chi connectivity index (χ1v) is 20.2. The number of allylic oxidation sites excluding steroid dienone is 9. The SMILES string of the molecule is CC/C=C/CC/C=C/CC/C=C/C(O)C(COP(=O)(O)OCC[N+](C)(C)C)NC(=O)CCCCCCC/C=C\C/C=C\CCCCCC. The summed E-state index contributed by atoms with van der Waals surface area (Å²) in [4.78, 5) is 22.9. The minimum absolute atomic E-state index is 0.0477. The predicted octanol–water partition coefficient (Wildman–Crippen LogP) is 9.51. The first-order valence-electron chi connectivity index (χ1n) is 18.7. The van der Waals surface area contributed by atoms with Crippen molar-refractivity contribution in [2.24, 2.45) is 0 Å². The number of carbonyl (C=O) groups excluding carboxylic acids is 1. The van der Waals surface area contributed by atoms with Gasteiger partial charge in [0.1, 0.15) is 13.2 Å². The molecule has 3 N–H and O–H groups in total. The normalized spacial score (nSPS) is 15.4. The number of likely N-dealkylation sites (N-methyl/N-ethyl adjacent to an activating group) is 1. The van der Waals surface area contributed by atoms with E-state index in [9.17, 15) is 19.4 Å². The minimum Gasteiger partial charge on any atom is -0.387 e. The van der Waals surface area contributed by atoms with E-state index in [4.69, 9.17) is 9.05 Å². The summed E-state index contributed by atoms with van der Waals surface area (Å²) in [5, 5.41) is 13.7. The number of nitrogens with zero attached hydrogens (tertiary/aromatic N) is 1. The molecule has 0 aromatic rings. The molecule has 0 saturated heterocycles. The average Bonchev–Trinajstić information content (AvgIpc) is 3.02.